The lowest BCUT2D eigenvalue weighted by Gasteiger charge is -2.14. The van der Waals surface area contributed by atoms with Crippen molar-refractivity contribution in [2.24, 2.45) is 0 Å². The molecule has 0 saturated carbocycles. The van der Waals surface area contributed by atoms with Crippen molar-refractivity contribution < 1.29 is 14.3 Å². The number of aromatic nitrogens is 1. The maximum atomic E-state index is 12.9. The number of benzene rings is 2. The number of halogens is 1. The van der Waals surface area contributed by atoms with Crippen molar-refractivity contribution in [1.29, 1.82) is 0 Å². The molecule has 0 fully saturated rings. The minimum Gasteiger partial charge on any atom is -0.495 e. The summed E-state index contributed by atoms with van der Waals surface area (Å²) < 4.78 is 10.6. The van der Waals surface area contributed by atoms with Crippen molar-refractivity contribution in [2.45, 2.75) is 0 Å². The third-order valence-corrected chi connectivity index (χ3v) is 3.83. The molecule has 0 atom stereocenters. The van der Waals surface area contributed by atoms with Gasteiger partial charge in [0, 0.05) is 10.4 Å². The van der Waals surface area contributed by atoms with E-state index in [1.54, 1.807) is 18.2 Å². The van der Waals surface area contributed by atoms with E-state index in [9.17, 15) is 4.79 Å². The molecule has 3 aromatic rings. The van der Waals surface area contributed by atoms with Gasteiger partial charge in [0.25, 0.3) is 5.91 Å². The maximum absolute atomic E-state index is 12.9. The molecule has 0 aliphatic carbocycles. The number of rotatable bonds is 4. The van der Waals surface area contributed by atoms with Gasteiger partial charge in [-0.05, 0) is 24.3 Å². The Morgan fingerprint density at radius 1 is 1.08 bits per heavy atom. The van der Waals surface area contributed by atoms with Crippen LogP contribution in [-0.2, 0) is 0 Å². The van der Waals surface area contributed by atoms with Crippen LogP contribution >= 0.6 is 11.6 Å². The Hall–Kier alpha value is -2.79. The number of hydrogen-bond donors (Lipinski definition) is 1. The number of carbonyl (C=O) groups excluding carboxylic acids is 1. The minimum absolute atomic E-state index is 0.328. The van der Waals surface area contributed by atoms with E-state index in [0.717, 1.165) is 0 Å². The van der Waals surface area contributed by atoms with Crippen molar-refractivity contribution in [3.05, 3.63) is 59.2 Å². The summed E-state index contributed by atoms with van der Waals surface area (Å²) in [6, 6.07) is 12.4. The van der Waals surface area contributed by atoms with Crippen LogP contribution in [-0.4, -0.2) is 25.1 Å². The summed E-state index contributed by atoms with van der Waals surface area (Å²) in [5, 5.41) is 4.03. The molecule has 122 valence electrons. The lowest BCUT2D eigenvalue weighted by atomic mass is 10.1. The summed E-state index contributed by atoms with van der Waals surface area (Å²) >= 11 is 6.02. The number of fused-ring (bicyclic) bond motifs is 1. The summed E-state index contributed by atoms with van der Waals surface area (Å²) in [6.45, 7) is 0. The number of para-hydroxylation sites is 1. The molecule has 0 spiro atoms. The van der Waals surface area contributed by atoms with Gasteiger partial charge in [-0.1, -0.05) is 29.8 Å². The second kappa shape index (κ2) is 6.76. The van der Waals surface area contributed by atoms with Gasteiger partial charge in [-0.2, -0.15) is 0 Å². The number of nitrogens with one attached hydrogen (secondary N) is 1. The third-order valence-electron chi connectivity index (χ3n) is 3.60. The van der Waals surface area contributed by atoms with Gasteiger partial charge in [0.05, 0.1) is 37.2 Å². The topological polar surface area (TPSA) is 60.5 Å². The van der Waals surface area contributed by atoms with E-state index < -0.39 is 0 Å². The highest BCUT2D eigenvalue weighted by Crippen LogP contribution is 2.31. The number of hydrogen-bond acceptors (Lipinski definition) is 4. The Morgan fingerprint density at radius 2 is 1.83 bits per heavy atom. The first kappa shape index (κ1) is 16.1. The highest BCUT2D eigenvalue weighted by atomic mass is 35.5. The Labute approximate surface area is 144 Å². The monoisotopic (exact) mass is 342 g/mol. The van der Waals surface area contributed by atoms with Crippen LogP contribution in [0.2, 0.25) is 5.02 Å². The zero-order chi connectivity index (χ0) is 17.1. The van der Waals surface area contributed by atoms with Crippen molar-refractivity contribution in [3.8, 4) is 11.5 Å². The highest BCUT2D eigenvalue weighted by Gasteiger charge is 2.18. The molecule has 2 aromatic carbocycles. The van der Waals surface area contributed by atoms with Crippen LogP contribution in [0.5, 0.6) is 11.5 Å². The van der Waals surface area contributed by atoms with Crippen molar-refractivity contribution in [3.63, 3.8) is 0 Å². The predicted octanol–water partition coefficient (Wildman–Crippen LogP) is 4.16. The van der Waals surface area contributed by atoms with Gasteiger partial charge < -0.3 is 14.8 Å². The number of ether oxygens (including phenoxy) is 2. The first-order chi connectivity index (χ1) is 11.6. The Morgan fingerprint density at radius 3 is 2.58 bits per heavy atom. The number of methoxy groups -OCH3 is 2. The summed E-state index contributed by atoms with van der Waals surface area (Å²) in [6.07, 6.45) is 1.53. The molecular formula is C18H15ClN2O3. The summed E-state index contributed by atoms with van der Waals surface area (Å²) in [7, 11) is 3.03. The zero-order valence-electron chi connectivity index (χ0n) is 13.2. The van der Waals surface area contributed by atoms with Gasteiger partial charge in [-0.3, -0.25) is 9.78 Å². The first-order valence-corrected chi connectivity index (χ1v) is 7.58. The van der Waals surface area contributed by atoms with Gasteiger partial charge in [0.1, 0.15) is 5.75 Å². The number of anilines is 1. The van der Waals surface area contributed by atoms with Gasteiger partial charge >= 0.3 is 0 Å². The van der Waals surface area contributed by atoms with Crippen LogP contribution in [0.25, 0.3) is 10.9 Å². The number of carbonyl (C=O) groups is 1. The smallest absolute Gasteiger partial charge is 0.260 e. The second-order valence-corrected chi connectivity index (χ2v) is 5.45. The SMILES string of the molecule is COc1ccc(Cl)cc1NC(=O)c1c(OC)cnc2ccccc12. The molecule has 1 N–H and O–H groups in total. The lowest BCUT2D eigenvalue weighted by molar-refractivity contribution is 0.102. The molecule has 1 aromatic heterocycles. The molecular weight excluding hydrogens is 328 g/mol. The quantitative estimate of drug-likeness (QED) is 0.773. The van der Waals surface area contributed by atoms with Crippen molar-refractivity contribution >= 4 is 34.1 Å². The molecule has 24 heavy (non-hydrogen) atoms. The fraction of sp³-hybridized carbons (Fsp3) is 0.111. The average Bonchev–Trinajstić information content (AvgIpc) is 2.60. The van der Waals surface area contributed by atoms with Crippen molar-refractivity contribution in [2.75, 3.05) is 19.5 Å². The van der Waals surface area contributed by atoms with Gasteiger partial charge in [0.2, 0.25) is 0 Å². The van der Waals surface area contributed by atoms with Crippen LogP contribution in [0.15, 0.2) is 48.7 Å². The van der Waals surface area contributed by atoms with E-state index >= 15 is 0 Å². The number of nitrogens with zero attached hydrogens (tertiary/aromatic N) is 1. The molecule has 6 heteroatoms. The van der Waals surface area contributed by atoms with Crippen molar-refractivity contribution in [1.82, 2.24) is 4.98 Å². The number of amides is 1. The highest BCUT2D eigenvalue weighted by molar-refractivity contribution is 6.31. The minimum atomic E-state index is -0.328. The molecule has 0 radical (unpaired) electrons. The maximum Gasteiger partial charge on any atom is 0.260 e. The van der Waals surface area contributed by atoms with Crippen LogP contribution in [0.1, 0.15) is 10.4 Å². The first-order valence-electron chi connectivity index (χ1n) is 7.20. The largest absolute Gasteiger partial charge is 0.495 e. The fourth-order valence-electron chi connectivity index (χ4n) is 2.47. The predicted molar refractivity (Wildman–Crippen MR) is 94.3 cm³/mol. The average molecular weight is 343 g/mol. The molecule has 0 aliphatic heterocycles. The third kappa shape index (κ3) is 2.98. The zero-order valence-corrected chi connectivity index (χ0v) is 13.9. The Kier molecular flexibility index (Phi) is 4.53. The number of pyridine rings is 1. The van der Waals surface area contributed by atoms with E-state index in [0.29, 0.717) is 38.7 Å². The van der Waals surface area contributed by atoms with E-state index in [1.807, 2.05) is 24.3 Å². The van der Waals surface area contributed by atoms with Crippen LogP contribution in [0.4, 0.5) is 5.69 Å². The standard InChI is InChI=1S/C18H15ClN2O3/c1-23-15-8-7-11(19)9-14(15)21-18(22)17-12-5-3-4-6-13(12)20-10-16(17)24-2/h3-10H,1-2H3,(H,21,22). The second-order valence-electron chi connectivity index (χ2n) is 5.02. The Bertz CT molecular complexity index is 912. The molecule has 0 bridgehead atoms. The fourth-order valence-corrected chi connectivity index (χ4v) is 2.65. The molecule has 5 nitrogen and oxygen atoms in total. The van der Waals surface area contributed by atoms with E-state index in [4.69, 9.17) is 21.1 Å². The summed E-state index contributed by atoms with van der Waals surface area (Å²) in [4.78, 5) is 17.2. The Balaban J connectivity index is 2.08. The molecule has 0 unspecified atom stereocenters. The molecule has 0 aliphatic rings. The summed E-state index contributed by atoms with van der Waals surface area (Å²) in [5.41, 5.74) is 1.60. The van der Waals surface area contributed by atoms with E-state index in [1.165, 1.54) is 20.4 Å². The van der Waals surface area contributed by atoms with Crippen LogP contribution < -0.4 is 14.8 Å². The molecule has 1 heterocycles. The molecule has 1 amide bonds. The molecule has 3 rings (SSSR count). The van der Waals surface area contributed by atoms with E-state index in [2.05, 4.69) is 10.3 Å². The molecule has 0 saturated heterocycles. The lowest BCUT2D eigenvalue weighted by Crippen LogP contribution is -2.15. The van der Waals surface area contributed by atoms with Gasteiger partial charge in [-0.15, -0.1) is 0 Å². The van der Waals surface area contributed by atoms with E-state index in [-0.39, 0.29) is 5.91 Å². The summed E-state index contributed by atoms with van der Waals surface area (Å²) in [5.74, 6) is 0.586. The van der Waals surface area contributed by atoms with Gasteiger partial charge in [0.15, 0.2) is 5.75 Å². The van der Waals surface area contributed by atoms with Crippen LogP contribution in [0.3, 0.4) is 0 Å². The van der Waals surface area contributed by atoms with Crippen LogP contribution in [0, 0.1) is 0 Å². The van der Waals surface area contributed by atoms with Gasteiger partial charge in [-0.25, -0.2) is 0 Å². The normalized spacial score (nSPS) is 10.5.